The molecule has 0 aliphatic rings. The SMILES string of the molecule is O=C(Nc1cccc(O)c1)C(=Cc1c[nH]c2ccccc12)NC(=O)c1ccccc1. The van der Waals surface area contributed by atoms with Gasteiger partial charge in [-0.15, -0.1) is 0 Å². The van der Waals surface area contributed by atoms with Crippen molar-refractivity contribution in [3.63, 3.8) is 0 Å². The number of hydrogen-bond donors (Lipinski definition) is 4. The summed E-state index contributed by atoms with van der Waals surface area (Å²) in [6.07, 6.45) is 3.40. The number of hydrogen-bond acceptors (Lipinski definition) is 3. The molecule has 4 N–H and O–H groups in total. The van der Waals surface area contributed by atoms with Crippen molar-refractivity contribution in [3.05, 3.63) is 102 Å². The van der Waals surface area contributed by atoms with E-state index in [1.807, 2.05) is 30.3 Å². The fourth-order valence-corrected chi connectivity index (χ4v) is 3.09. The Balaban J connectivity index is 1.68. The third-order valence-electron chi connectivity index (χ3n) is 4.55. The van der Waals surface area contributed by atoms with Crippen molar-refractivity contribution in [1.29, 1.82) is 0 Å². The molecule has 0 unspecified atom stereocenters. The lowest BCUT2D eigenvalue weighted by molar-refractivity contribution is -0.113. The molecule has 0 atom stereocenters. The van der Waals surface area contributed by atoms with Gasteiger partial charge in [0.1, 0.15) is 11.4 Å². The number of fused-ring (bicyclic) bond motifs is 1. The molecule has 3 aromatic carbocycles. The molecule has 6 nitrogen and oxygen atoms in total. The molecule has 4 aromatic rings. The Morgan fingerprint density at radius 2 is 1.67 bits per heavy atom. The average Bonchev–Trinajstić information content (AvgIpc) is 3.17. The molecule has 0 aliphatic heterocycles. The highest BCUT2D eigenvalue weighted by molar-refractivity contribution is 6.11. The quantitative estimate of drug-likeness (QED) is 0.379. The Labute approximate surface area is 172 Å². The van der Waals surface area contributed by atoms with Crippen LogP contribution < -0.4 is 10.6 Å². The van der Waals surface area contributed by atoms with E-state index in [1.54, 1.807) is 48.7 Å². The maximum absolute atomic E-state index is 13.0. The fraction of sp³-hybridized carbons (Fsp3) is 0. The van der Waals surface area contributed by atoms with Crippen LogP contribution in [-0.4, -0.2) is 21.9 Å². The smallest absolute Gasteiger partial charge is 0.272 e. The van der Waals surface area contributed by atoms with Gasteiger partial charge in [0, 0.05) is 40.0 Å². The summed E-state index contributed by atoms with van der Waals surface area (Å²) in [4.78, 5) is 28.8. The van der Waals surface area contributed by atoms with Gasteiger partial charge in [0.25, 0.3) is 11.8 Å². The second-order valence-electron chi connectivity index (χ2n) is 6.67. The number of rotatable bonds is 5. The van der Waals surface area contributed by atoms with Crippen molar-refractivity contribution in [2.24, 2.45) is 0 Å². The van der Waals surface area contributed by atoms with E-state index in [0.29, 0.717) is 11.3 Å². The van der Waals surface area contributed by atoms with E-state index in [0.717, 1.165) is 16.5 Å². The maximum Gasteiger partial charge on any atom is 0.272 e. The number of aromatic hydroxyl groups is 1. The lowest BCUT2D eigenvalue weighted by Crippen LogP contribution is -2.30. The third-order valence-corrected chi connectivity index (χ3v) is 4.55. The summed E-state index contributed by atoms with van der Waals surface area (Å²) in [5.41, 5.74) is 2.62. The summed E-state index contributed by atoms with van der Waals surface area (Å²) < 4.78 is 0. The van der Waals surface area contributed by atoms with Gasteiger partial charge < -0.3 is 20.7 Å². The van der Waals surface area contributed by atoms with Crippen molar-refractivity contribution in [1.82, 2.24) is 10.3 Å². The predicted molar refractivity (Wildman–Crippen MR) is 117 cm³/mol. The van der Waals surface area contributed by atoms with Crippen molar-refractivity contribution >= 4 is 34.5 Å². The largest absolute Gasteiger partial charge is 0.508 e. The summed E-state index contributed by atoms with van der Waals surface area (Å²) in [5, 5.41) is 16.0. The lowest BCUT2D eigenvalue weighted by Gasteiger charge is -2.11. The maximum atomic E-state index is 13.0. The molecule has 6 heteroatoms. The van der Waals surface area contributed by atoms with Gasteiger partial charge in [-0.05, 0) is 36.4 Å². The second-order valence-corrected chi connectivity index (χ2v) is 6.67. The first-order chi connectivity index (χ1) is 14.6. The first kappa shape index (κ1) is 19.0. The zero-order valence-electron chi connectivity index (χ0n) is 15.9. The number of H-pyrrole nitrogens is 1. The standard InChI is InChI=1S/C24H19N3O3/c28-19-10-6-9-18(14-19)26-24(30)22(27-23(29)16-7-2-1-3-8-16)13-17-15-25-21-12-5-4-11-20(17)21/h1-15,25,28H,(H,26,30)(H,27,29). The zero-order valence-corrected chi connectivity index (χ0v) is 15.9. The molecule has 0 aliphatic carbocycles. The molecule has 0 radical (unpaired) electrons. The summed E-state index contributed by atoms with van der Waals surface area (Å²) in [5.74, 6) is -0.869. The van der Waals surface area contributed by atoms with Crippen LogP contribution in [0.25, 0.3) is 17.0 Å². The van der Waals surface area contributed by atoms with E-state index < -0.39 is 11.8 Å². The van der Waals surface area contributed by atoms with Crippen LogP contribution in [0.3, 0.4) is 0 Å². The van der Waals surface area contributed by atoms with E-state index >= 15 is 0 Å². The van der Waals surface area contributed by atoms with Gasteiger partial charge in [0.15, 0.2) is 0 Å². The Kier molecular flexibility index (Phi) is 5.30. The van der Waals surface area contributed by atoms with Crippen LogP contribution in [-0.2, 0) is 4.79 Å². The zero-order chi connectivity index (χ0) is 20.9. The molecule has 0 spiro atoms. The number of phenols is 1. The summed E-state index contributed by atoms with van der Waals surface area (Å²) >= 11 is 0. The third kappa shape index (κ3) is 4.23. The van der Waals surface area contributed by atoms with Gasteiger partial charge in [0.05, 0.1) is 0 Å². The highest BCUT2D eigenvalue weighted by Gasteiger charge is 2.16. The molecule has 1 aromatic heterocycles. The minimum atomic E-state index is -0.504. The first-order valence-corrected chi connectivity index (χ1v) is 9.35. The Hall–Kier alpha value is -4.32. The predicted octanol–water partition coefficient (Wildman–Crippen LogP) is 4.28. The number of amides is 2. The summed E-state index contributed by atoms with van der Waals surface area (Å²) in [7, 11) is 0. The number of nitrogens with one attached hydrogen (secondary N) is 3. The number of carbonyl (C=O) groups is 2. The van der Waals surface area contributed by atoms with Crippen molar-refractivity contribution in [2.75, 3.05) is 5.32 Å². The van der Waals surface area contributed by atoms with E-state index in [2.05, 4.69) is 15.6 Å². The molecule has 30 heavy (non-hydrogen) atoms. The molecule has 4 rings (SSSR count). The van der Waals surface area contributed by atoms with Crippen LogP contribution in [0.5, 0.6) is 5.75 Å². The van der Waals surface area contributed by atoms with Crippen LogP contribution >= 0.6 is 0 Å². The number of anilines is 1. The average molecular weight is 397 g/mol. The van der Waals surface area contributed by atoms with Crippen LogP contribution in [0.1, 0.15) is 15.9 Å². The molecular weight excluding hydrogens is 378 g/mol. The molecule has 0 saturated heterocycles. The Morgan fingerprint density at radius 1 is 0.900 bits per heavy atom. The highest BCUT2D eigenvalue weighted by atomic mass is 16.3. The molecule has 2 amide bonds. The van der Waals surface area contributed by atoms with Crippen molar-refractivity contribution in [3.8, 4) is 5.75 Å². The minimum absolute atomic E-state index is 0.0308. The van der Waals surface area contributed by atoms with E-state index in [4.69, 9.17) is 0 Å². The second kappa shape index (κ2) is 8.36. The minimum Gasteiger partial charge on any atom is -0.508 e. The summed E-state index contributed by atoms with van der Waals surface area (Å²) in [6, 6.07) is 22.6. The van der Waals surface area contributed by atoms with Crippen LogP contribution in [0.2, 0.25) is 0 Å². The van der Waals surface area contributed by atoms with Crippen LogP contribution in [0.4, 0.5) is 5.69 Å². The van der Waals surface area contributed by atoms with Crippen molar-refractivity contribution in [2.45, 2.75) is 0 Å². The first-order valence-electron chi connectivity index (χ1n) is 9.35. The normalized spacial score (nSPS) is 11.3. The van der Waals surface area contributed by atoms with Gasteiger partial charge in [0.2, 0.25) is 0 Å². The molecule has 0 bridgehead atoms. The topological polar surface area (TPSA) is 94.2 Å². The number of phenolic OH excluding ortho intramolecular Hbond substituents is 1. The molecule has 148 valence electrons. The fourth-order valence-electron chi connectivity index (χ4n) is 3.09. The van der Waals surface area contributed by atoms with E-state index in [-0.39, 0.29) is 11.4 Å². The molecule has 1 heterocycles. The molecule has 0 saturated carbocycles. The lowest BCUT2D eigenvalue weighted by atomic mass is 10.1. The van der Waals surface area contributed by atoms with Crippen LogP contribution in [0, 0.1) is 0 Å². The van der Waals surface area contributed by atoms with Gasteiger partial charge in [-0.1, -0.05) is 42.5 Å². The number of carbonyl (C=O) groups excluding carboxylic acids is 2. The van der Waals surface area contributed by atoms with E-state index in [1.165, 1.54) is 12.1 Å². The molecular formula is C24H19N3O3. The van der Waals surface area contributed by atoms with Crippen LogP contribution in [0.15, 0.2) is 90.8 Å². The van der Waals surface area contributed by atoms with Gasteiger partial charge >= 0.3 is 0 Å². The number of benzene rings is 3. The van der Waals surface area contributed by atoms with Gasteiger partial charge in [-0.25, -0.2) is 0 Å². The summed E-state index contributed by atoms with van der Waals surface area (Å²) in [6.45, 7) is 0. The Bertz CT molecular complexity index is 1240. The van der Waals surface area contributed by atoms with Gasteiger partial charge in [-0.3, -0.25) is 9.59 Å². The number of aromatic amines is 1. The monoisotopic (exact) mass is 397 g/mol. The highest BCUT2D eigenvalue weighted by Crippen LogP contribution is 2.21. The van der Waals surface area contributed by atoms with Gasteiger partial charge in [-0.2, -0.15) is 0 Å². The number of para-hydroxylation sites is 1. The number of aromatic nitrogens is 1. The Morgan fingerprint density at radius 3 is 2.47 bits per heavy atom. The van der Waals surface area contributed by atoms with E-state index in [9.17, 15) is 14.7 Å². The van der Waals surface area contributed by atoms with Crippen molar-refractivity contribution < 1.29 is 14.7 Å². The molecule has 0 fully saturated rings.